The summed E-state index contributed by atoms with van der Waals surface area (Å²) in [7, 11) is -0.611. The van der Waals surface area contributed by atoms with Crippen molar-refractivity contribution < 1.29 is 8.95 Å². The summed E-state index contributed by atoms with van der Waals surface area (Å²) in [6.07, 6.45) is 5.83. The Morgan fingerprint density at radius 1 is 1.22 bits per heavy atom. The molecule has 0 unspecified atom stereocenters. The Morgan fingerprint density at radius 3 is 1.67 bits per heavy atom. The normalized spacial score (nSPS) is 17.2. The fraction of sp³-hybridized carbons (Fsp3) is 1.00. The first kappa shape index (κ1) is 9.11. The van der Waals surface area contributed by atoms with Crippen LogP contribution >= 0.6 is 0 Å². The molecule has 0 N–H and O–H groups in total. The zero-order chi connectivity index (χ0) is 7.11. The van der Waals surface area contributed by atoms with Crippen LogP contribution in [0.5, 0.6) is 0 Å². The van der Waals surface area contributed by atoms with Crippen molar-refractivity contribution in [2.45, 2.75) is 12.8 Å². The molecule has 0 aliphatic carbocycles. The Bertz CT molecular complexity index is 67.5. The van der Waals surface area contributed by atoms with Crippen LogP contribution in [0, 0.1) is 0 Å². The Morgan fingerprint density at radius 2 is 1.56 bits per heavy atom. The number of ether oxygens (including phenoxy) is 1. The SMILES string of the molecule is C1CCOC1.CS(C)=O. The lowest BCUT2D eigenvalue weighted by molar-refractivity contribution is 0.198. The summed E-state index contributed by atoms with van der Waals surface area (Å²) in [5.41, 5.74) is 0. The average Bonchev–Trinajstić information content (AvgIpc) is 2.11. The molecular formula is C6H14O2S. The molecule has 0 aromatic carbocycles. The van der Waals surface area contributed by atoms with E-state index >= 15 is 0 Å². The highest BCUT2D eigenvalue weighted by Crippen LogP contribution is 1.98. The second kappa shape index (κ2) is 6.23. The largest absolute Gasteiger partial charge is 0.381 e. The van der Waals surface area contributed by atoms with Crippen molar-refractivity contribution in [3.05, 3.63) is 0 Å². The molecule has 9 heavy (non-hydrogen) atoms. The van der Waals surface area contributed by atoms with Gasteiger partial charge in [0.2, 0.25) is 0 Å². The van der Waals surface area contributed by atoms with Gasteiger partial charge in [0, 0.05) is 36.5 Å². The van der Waals surface area contributed by atoms with Crippen molar-refractivity contribution in [3.63, 3.8) is 0 Å². The Hall–Kier alpha value is 0.110. The van der Waals surface area contributed by atoms with E-state index in [1.807, 2.05) is 0 Å². The van der Waals surface area contributed by atoms with Gasteiger partial charge < -0.3 is 4.74 Å². The highest BCUT2D eigenvalue weighted by molar-refractivity contribution is 7.83. The fourth-order valence-electron chi connectivity index (χ4n) is 0.510. The lowest BCUT2D eigenvalue weighted by atomic mass is 10.4. The fourth-order valence-corrected chi connectivity index (χ4v) is 0.510. The predicted octanol–water partition coefficient (Wildman–Crippen LogP) is 0.792. The summed E-state index contributed by atoms with van der Waals surface area (Å²) < 4.78 is 14.5. The molecule has 0 radical (unpaired) electrons. The Kier molecular flexibility index (Phi) is 6.31. The Balaban J connectivity index is 0.000000148. The third kappa shape index (κ3) is 11.6. The maximum absolute atomic E-state index is 9.56. The molecule has 56 valence electrons. The van der Waals surface area contributed by atoms with Crippen molar-refractivity contribution >= 4 is 10.8 Å². The van der Waals surface area contributed by atoms with E-state index in [4.69, 9.17) is 4.74 Å². The zero-order valence-corrected chi connectivity index (χ0v) is 6.87. The van der Waals surface area contributed by atoms with Crippen molar-refractivity contribution in [2.24, 2.45) is 0 Å². The molecule has 1 rings (SSSR count). The smallest absolute Gasteiger partial charge is 0.0466 e. The molecule has 0 bridgehead atoms. The van der Waals surface area contributed by atoms with E-state index in [0.717, 1.165) is 13.2 Å². The third-order valence-corrected chi connectivity index (χ3v) is 0.827. The molecule has 2 nitrogen and oxygen atoms in total. The van der Waals surface area contributed by atoms with Crippen molar-refractivity contribution in [2.75, 3.05) is 25.7 Å². The molecule has 1 saturated heterocycles. The first-order valence-electron chi connectivity index (χ1n) is 3.06. The minimum absolute atomic E-state index is 0.611. The molecule has 0 saturated carbocycles. The average molecular weight is 150 g/mol. The van der Waals surface area contributed by atoms with Gasteiger partial charge in [-0.15, -0.1) is 0 Å². The van der Waals surface area contributed by atoms with Gasteiger partial charge in [-0.1, -0.05) is 0 Å². The molecule has 3 heteroatoms. The van der Waals surface area contributed by atoms with Gasteiger partial charge in [0.15, 0.2) is 0 Å². The zero-order valence-electron chi connectivity index (χ0n) is 6.05. The second-order valence-corrected chi connectivity index (χ2v) is 3.54. The molecule has 0 aromatic heterocycles. The highest BCUT2D eigenvalue weighted by atomic mass is 32.2. The highest BCUT2D eigenvalue weighted by Gasteiger charge is 1.94. The van der Waals surface area contributed by atoms with Gasteiger partial charge in [0.05, 0.1) is 0 Å². The van der Waals surface area contributed by atoms with Crippen LogP contribution in [0.1, 0.15) is 12.8 Å². The Labute approximate surface area is 59.1 Å². The van der Waals surface area contributed by atoms with Crippen LogP contribution < -0.4 is 0 Å². The van der Waals surface area contributed by atoms with E-state index in [-0.39, 0.29) is 0 Å². The van der Waals surface area contributed by atoms with E-state index in [0.29, 0.717) is 0 Å². The quantitative estimate of drug-likeness (QED) is 0.510. The lowest BCUT2D eigenvalue weighted by Gasteiger charge is -1.76. The first-order chi connectivity index (χ1) is 4.23. The molecule has 1 aliphatic rings. The third-order valence-electron chi connectivity index (χ3n) is 0.827. The number of hydrogen-bond donors (Lipinski definition) is 0. The standard InChI is InChI=1S/C4H8O.C2H6OS/c1-2-4-5-3-1;1-4(2)3/h1-4H2;1-2H3. The molecule has 1 heterocycles. The number of hydrogen-bond acceptors (Lipinski definition) is 2. The van der Waals surface area contributed by atoms with Gasteiger partial charge in [-0.25, -0.2) is 0 Å². The van der Waals surface area contributed by atoms with Crippen molar-refractivity contribution in [3.8, 4) is 0 Å². The summed E-state index contributed by atoms with van der Waals surface area (Å²) in [4.78, 5) is 0. The van der Waals surface area contributed by atoms with Gasteiger partial charge in [-0.2, -0.15) is 0 Å². The summed E-state index contributed by atoms with van der Waals surface area (Å²) in [6.45, 7) is 2.00. The van der Waals surface area contributed by atoms with Crippen LogP contribution in [0.4, 0.5) is 0 Å². The van der Waals surface area contributed by atoms with Crippen LogP contribution in [0.3, 0.4) is 0 Å². The summed E-state index contributed by atoms with van der Waals surface area (Å²) in [5.74, 6) is 0. The van der Waals surface area contributed by atoms with Crippen LogP contribution in [-0.2, 0) is 15.5 Å². The van der Waals surface area contributed by atoms with Crippen LogP contribution in [-0.4, -0.2) is 29.9 Å². The van der Waals surface area contributed by atoms with Gasteiger partial charge in [-0.3, -0.25) is 4.21 Å². The summed E-state index contributed by atoms with van der Waals surface area (Å²) >= 11 is 0. The van der Waals surface area contributed by atoms with E-state index in [1.54, 1.807) is 12.5 Å². The van der Waals surface area contributed by atoms with Gasteiger partial charge >= 0.3 is 0 Å². The van der Waals surface area contributed by atoms with E-state index in [9.17, 15) is 4.21 Å². The molecule has 0 amide bonds. The number of rotatable bonds is 0. The van der Waals surface area contributed by atoms with E-state index in [1.165, 1.54) is 12.8 Å². The van der Waals surface area contributed by atoms with E-state index in [2.05, 4.69) is 0 Å². The molecule has 1 aliphatic heterocycles. The van der Waals surface area contributed by atoms with Crippen molar-refractivity contribution in [1.82, 2.24) is 0 Å². The molecule has 0 spiro atoms. The molecule has 0 atom stereocenters. The maximum Gasteiger partial charge on any atom is 0.0466 e. The van der Waals surface area contributed by atoms with E-state index < -0.39 is 10.8 Å². The molecular weight excluding hydrogens is 136 g/mol. The summed E-state index contributed by atoms with van der Waals surface area (Å²) in [6, 6.07) is 0. The monoisotopic (exact) mass is 150 g/mol. The van der Waals surface area contributed by atoms with Gasteiger partial charge in [0.1, 0.15) is 0 Å². The van der Waals surface area contributed by atoms with Crippen LogP contribution in [0.2, 0.25) is 0 Å². The van der Waals surface area contributed by atoms with Gasteiger partial charge in [0.25, 0.3) is 0 Å². The van der Waals surface area contributed by atoms with Crippen LogP contribution in [0.15, 0.2) is 0 Å². The van der Waals surface area contributed by atoms with Crippen molar-refractivity contribution in [1.29, 1.82) is 0 Å². The molecule has 0 aromatic rings. The topological polar surface area (TPSA) is 26.3 Å². The minimum atomic E-state index is -0.611. The van der Waals surface area contributed by atoms with Gasteiger partial charge in [-0.05, 0) is 12.8 Å². The maximum atomic E-state index is 9.56. The summed E-state index contributed by atoms with van der Waals surface area (Å²) in [5, 5.41) is 0. The lowest BCUT2D eigenvalue weighted by Crippen LogP contribution is -1.74. The molecule has 1 fully saturated rings. The minimum Gasteiger partial charge on any atom is -0.381 e. The van der Waals surface area contributed by atoms with Crippen LogP contribution in [0.25, 0.3) is 0 Å². The first-order valence-corrected chi connectivity index (χ1v) is 5.03. The predicted molar refractivity (Wildman–Crippen MR) is 40.0 cm³/mol. The second-order valence-electron chi connectivity index (χ2n) is 2.06.